The molecule has 0 aliphatic heterocycles. The molecule has 0 aromatic carbocycles. The third-order valence-electron chi connectivity index (χ3n) is 1.51. The summed E-state index contributed by atoms with van der Waals surface area (Å²) in [4.78, 5) is 18.9. The first-order valence-electron chi connectivity index (χ1n) is 4.98. The van der Waals surface area contributed by atoms with Crippen molar-refractivity contribution < 1.29 is 19.8 Å². The van der Waals surface area contributed by atoms with Crippen molar-refractivity contribution in [3.63, 3.8) is 0 Å². The van der Waals surface area contributed by atoms with Gasteiger partial charge in [0.1, 0.15) is 6.42 Å². The van der Waals surface area contributed by atoms with Gasteiger partial charge in [0.15, 0.2) is 0 Å². The molecule has 6 heteroatoms. The molecule has 2 N–H and O–H groups in total. The normalized spacial score (nSPS) is 8.20. The Bertz CT molecular complexity index is 148. The van der Waals surface area contributed by atoms with E-state index in [9.17, 15) is 9.59 Å². The number of rotatable bonds is 6. The first-order chi connectivity index (χ1) is 6.54. The third kappa shape index (κ3) is 31.3. The quantitative estimate of drug-likeness (QED) is 0.410. The van der Waals surface area contributed by atoms with Crippen molar-refractivity contribution in [2.45, 2.75) is 44.1 Å². The van der Waals surface area contributed by atoms with E-state index in [1.54, 1.807) is 0 Å². The van der Waals surface area contributed by atoms with Gasteiger partial charge in [-0.15, -0.1) is 0 Å². The maximum atomic E-state index is 9.43. The van der Waals surface area contributed by atoms with Gasteiger partial charge >= 0.3 is 119 Å². The SMILES string of the molecule is O=C(O)CC(=O)O.[KH].[Li][CH2]CCCCC. The molecular weight excluding hydrogens is 218 g/mol. The zero-order valence-corrected chi connectivity index (χ0v) is 8.95. The molecule has 0 spiro atoms. The molecule has 0 bridgehead atoms. The molecule has 0 rings (SSSR count). The van der Waals surface area contributed by atoms with Gasteiger partial charge in [0.25, 0.3) is 0 Å². The van der Waals surface area contributed by atoms with Crippen molar-refractivity contribution in [3.8, 4) is 0 Å². The molecule has 0 aromatic rings. The van der Waals surface area contributed by atoms with E-state index in [1.807, 2.05) is 0 Å². The second-order valence-corrected chi connectivity index (χ2v) is 3.02. The summed E-state index contributed by atoms with van der Waals surface area (Å²) in [5.41, 5.74) is 0. The van der Waals surface area contributed by atoms with Crippen molar-refractivity contribution >= 4 is 81.0 Å². The summed E-state index contributed by atoms with van der Waals surface area (Å²) in [5, 5.41) is 16.8. The minimum atomic E-state index is -1.31. The van der Waals surface area contributed by atoms with Crippen LogP contribution in [0.5, 0.6) is 0 Å². The molecule has 0 radical (unpaired) electrons. The zero-order valence-electron chi connectivity index (χ0n) is 8.95. The second kappa shape index (κ2) is 17.6. The number of unbranched alkanes of at least 4 members (excludes halogenated alkanes) is 3. The average molecular weight is 236 g/mol. The van der Waals surface area contributed by atoms with Gasteiger partial charge in [0.05, 0.1) is 0 Å². The zero-order chi connectivity index (χ0) is 11.4. The molecule has 0 fully saturated rings. The Morgan fingerprint density at radius 3 is 1.73 bits per heavy atom. The van der Waals surface area contributed by atoms with E-state index in [2.05, 4.69) is 24.6 Å². The fraction of sp³-hybridized carbons (Fsp3) is 0.778. The summed E-state index contributed by atoms with van der Waals surface area (Å²) in [6.45, 7) is 2.25. The molecule has 0 amide bonds. The van der Waals surface area contributed by atoms with Crippen LogP contribution in [0.3, 0.4) is 0 Å². The maximum absolute atomic E-state index is 9.43. The van der Waals surface area contributed by atoms with Crippen LogP contribution in [0.1, 0.15) is 39.0 Å². The van der Waals surface area contributed by atoms with Gasteiger partial charge in [-0.25, -0.2) is 0 Å². The van der Waals surface area contributed by atoms with Crippen LogP contribution in [-0.2, 0) is 9.59 Å². The average Bonchev–Trinajstić information content (AvgIpc) is 2.04. The molecule has 0 aliphatic rings. The van der Waals surface area contributed by atoms with Crippen molar-refractivity contribution in [3.05, 3.63) is 0 Å². The topological polar surface area (TPSA) is 74.6 Å². The Balaban J connectivity index is -0.000000180. The van der Waals surface area contributed by atoms with Crippen LogP contribution in [0.4, 0.5) is 0 Å². The molecule has 4 nitrogen and oxygen atoms in total. The van der Waals surface area contributed by atoms with Crippen LogP contribution in [0, 0.1) is 0 Å². The first-order valence-corrected chi connectivity index (χ1v) is 4.98. The molecule has 80 valence electrons. The Hall–Kier alpha value is 1.17. The van der Waals surface area contributed by atoms with E-state index >= 15 is 0 Å². The van der Waals surface area contributed by atoms with E-state index in [0.717, 1.165) is 0 Å². The Kier molecular flexibility index (Phi) is 25.1. The fourth-order valence-electron chi connectivity index (χ4n) is 0.806. The van der Waals surface area contributed by atoms with Crippen molar-refractivity contribution in [2.75, 3.05) is 0 Å². The predicted molar refractivity (Wildman–Crippen MR) is 61.7 cm³/mol. The van der Waals surface area contributed by atoms with Crippen LogP contribution >= 0.6 is 0 Å². The molecule has 0 heterocycles. The van der Waals surface area contributed by atoms with E-state index in [1.165, 1.54) is 30.8 Å². The number of hydrogen-bond donors (Lipinski definition) is 2. The van der Waals surface area contributed by atoms with E-state index in [-0.39, 0.29) is 51.4 Å². The summed E-state index contributed by atoms with van der Waals surface area (Å²) in [5.74, 6) is -2.62. The monoisotopic (exact) mass is 236 g/mol. The van der Waals surface area contributed by atoms with Gasteiger partial charge in [-0.05, 0) is 0 Å². The first kappa shape index (κ1) is 21.5. The number of carboxylic acid groups (broad SMARTS) is 2. The summed E-state index contributed by atoms with van der Waals surface area (Å²) in [6, 6.07) is 0. The van der Waals surface area contributed by atoms with Crippen LogP contribution < -0.4 is 0 Å². The summed E-state index contributed by atoms with van der Waals surface area (Å²) in [6.07, 6.45) is 4.84. The molecule has 0 unspecified atom stereocenters. The number of carboxylic acids is 2. The van der Waals surface area contributed by atoms with Crippen LogP contribution in [0.2, 0.25) is 5.09 Å². The van der Waals surface area contributed by atoms with Crippen molar-refractivity contribution in [1.29, 1.82) is 0 Å². The Labute approximate surface area is 143 Å². The summed E-state index contributed by atoms with van der Waals surface area (Å²) in [7, 11) is 0. The molecule has 0 saturated heterocycles. The molecule has 0 aliphatic carbocycles. The Morgan fingerprint density at radius 1 is 1.07 bits per heavy atom. The number of carbonyl (C=O) groups is 2. The summed E-state index contributed by atoms with van der Waals surface area (Å²) < 4.78 is 0. The molecule has 15 heavy (non-hydrogen) atoms. The van der Waals surface area contributed by atoms with Crippen LogP contribution in [-0.4, -0.2) is 91.3 Å². The van der Waals surface area contributed by atoms with Gasteiger partial charge in [-0.1, -0.05) is 0 Å². The molecular formula is C9H18KLiO4. The standard InChI is InChI=1S/C6H13.C3H4O4.K.Li.H/c1-3-5-6-4-2;4-2(5)1-3(6)7;;;/h1,3-6H2,2H3;1H2,(H,4,5)(H,6,7);;;. The molecule has 0 atom stereocenters. The fourth-order valence-corrected chi connectivity index (χ4v) is 0.806. The van der Waals surface area contributed by atoms with Gasteiger partial charge in [-0.3, -0.25) is 9.59 Å². The molecule has 0 saturated carbocycles. The van der Waals surface area contributed by atoms with Crippen LogP contribution in [0.25, 0.3) is 0 Å². The van der Waals surface area contributed by atoms with E-state index in [4.69, 9.17) is 10.2 Å². The van der Waals surface area contributed by atoms with Gasteiger partial charge in [0.2, 0.25) is 0 Å². The third-order valence-corrected chi connectivity index (χ3v) is 1.51. The van der Waals surface area contributed by atoms with Crippen LogP contribution in [0.15, 0.2) is 0 Å². The summed E-state index contributed by atoms with van der Waals surface area (Å²) >= 11 is 2.25. The number of aliphatic carboxylic acids is 2. The van der Waals surface area contributed by atoms with E-state index in [0.29, 0.717) is 0 Å². The minimum absolute atomic E-state index is 0. The Morgan fingerprint density at radius 2 is 1.53 bits per heavy atom. The van der Waals surface area contributed by atoms with Crippen molar-refractivity contribution in [2.24, 2.45) is 0 Å². The van der Waals surface area contributed by atoms with E-state index < -0.39 is 18.4 Å². The molecule has 0 aromatic heterocycles. The van der Waals surface area contributed by atoms with Gasteiger partial charge in [-0.2, -0.15) is 0 Å². The second-order valence-electron chi connectivity index (χ2n) is 3.02. The van der Waals surface area contributed by atoms with Gasteiger partial charge in [0, 0.05) is 0 Å². The van der Waals surface area contributed by atoms with Crippen molar-refractivity contribution in [1.82, 2.24) is 0 Å². The number of hydrogen-bond acceptors (Lipinski definition) is 2. The predicted octanol–water partition coefficient (Wildman–Crippen LogP) is 1.05. The van der Waals surface area contributed by atoms with Gasteiger partial charge < -0.3 is 10.2 Å².